The van der Waals surface area contributed by atoms with Crippen molar-refractivity contribution in [3.8, 4) is 56.5 Å². The van der Waals surface area contributed by atoms with Crippen molar-refractivity contribution >= 4 is 42.4 Å². The largest absolute Gasteiger partial charge is 0.246 e. The van der Waals surface area contributed by atoms with E-state index in [0.29, 0.717) is 17.5 Å². The van der Waals surface area contributed by atoms with Gasteiger partial charge in [-0.1, -0.05) is 152 Å². The molecule has 9 rings (SSSR count). The molecule has 0 aliphatic rings. The Labute approximate surface area is 275 Å². The summed E-state index contributed by atoms with van der Waals surface area (Å²) in [5.41, 5.74) is 8.14. The standard InChI is InChI=1S/C42H26N4S/c1-4-13-28(14-5-1)37-39-36(33-19-10-11-22-35(33)47-39)34-21-12-20-32(38(34)43-37)27-23-25-31(26-24-27)42-45-40(29-15-6-2-7-16-29)44-41(46-42)30-17-8-3-9-18-30/h1-26H. The fraction of sp³-hybridized carbons (Fsp3) is 0. The van der Waals surface area contributed by atoms with Crippen LogP contribution in [0.5, 0.6) is 0 Å². The number of rotatable bonds is 5. The highest BCUT2D eigenvalue weighted by Gasteiger charge is 2.18. The number of aromatic nitrogens is 4. The van der Waals surface area contributed by atoms with Crippen molar-refractivity contribution in [1.82, 2.24) is 19.9 Å². The van der Waals surface area contributed by atoms with Crippen LogP contribution in [-0.4, -0.2) is 19.9 Å². The van der Waals surface area contributed by atoms with Gasteiger partial charge in [-0.25, -0.2) is 19.9 Å². The van der Waals surface area contributed by atoms with Crippen molar-refractivity contribution in [2.24, 2.45) is 0 Å². The maximum absolute atomic E-state index is 5.39. The lowest BCUT2D eigenvalue weighted by Crippen LogP contribution is -2.00. The summed E-state index contributed by atoms with van der Waals surface area (Å²) < 4.78 is 2.49. The molecule has 0 saturated carbocycles. The number of nitrogens with zero attached hydrogens (tertiary/aromatic N) is 4. The Kier molecular flexibility index (Phi) is 6.61. The van der Waals surface area contributed by atoms with Crippen molar-refractivity contribution in [2.75, 3.05) is 0 Å². The van der Waals surface area contributed by atoms with Crippen LogP contribution in [-0.2, 0) is 0 Å². The lowest BCUT2D eigenvalue weighted by atomic mass is 9.97. The maximum Gasteiger partial charge on any atom is 0.164 e. The van der Waals surface area contributed by atoms with Crippen molar-refractivity contribution < 1.29 is 0 Å². The molecule has 220 valence electrons. The number of fused-ring (bicyclic) bond motifs is 5. The van der Waals surface area contributed by atoms with Crippen molar-refractivity contribution in [2.45, 2.75) is 0 Å². The summed E-state index contributed by atoms with van der Waals surface area (Å²) in [7, 11) is 0. The second-order valence-corrected chi connectivity index (χ2v) is 12.5. The average molecular weight is 619 g/mol. The lowest BCUT2D eigenvalue weighted by Gasteiger charge is -2.12. The number of pyridine rings is 1. The van der Waals surface area contributed by atoms with E-state index in [1.165, 1.54) is 20.2 Å². The number of thiophene rings is 1. The van der Waals surface area contributed by atoms with Gasteiger partial charge in [0.15, 0.2) is 17.5 Å². The molecule has 47 heavy (non-hydrogen) atoms. The molecule has 0 aliphatic carbocycles. The number of benzene rings is 6. The Morgan fingerprint density at radius 3 is 1.47 bits per heavy atom. The summed E-state index contributed by atoms with van der Waals surface area (Å²) in [6, 6.07) is 54.3. The number of hydrogen-bond acceptors (Lipinski definition) is 5. The van der Waals surface area contributed by atoms with E-state index in [1.54, 1.807) is 0 Å². The van der Waals surface area contributed by atoms with Crippen LogP contribution in [0.1, 0.15) is 0 Å². The highest BCUT2D eigenvalue weighted by Crippen LogP contribution is 2.44. The Balaban J connectivity index is 1.21. The minimum atomic E-state index is 0.637. The molecule has 0 spiro atoms. The highest BCUT2D eigenvalue weighted by molar-refractivity contribution is 7.26. The van der Waals surface area contributed by atoms with Crippen LogP contribution in [0.3, 0.4) is 0 Å². The Morgan fingerprint density at radius 2 is 0.851 bits per heavy atom. The third-order valence-corrected chi connectivity index (χ3v) is 9.72. The minimum Gasteiger partial charge on any atom is -0.246 e. The molecule has 5 heteroatoms. The number of para-hydroxylation sites is 1. The second-order valence-electron chi connectivity index (χ2n) is 11.4. The Morgan fingerprint density at radius 1 is 0.362 bits per heavy atom. The van der Waals surface area contributed by atoms with Crippen LogP contribution >= 0.6 is 11.3 Å². The predicted octanol–water partition coefficient (Wildman–Crippen LogP) is 11.1. The van der Waals surface area contributed by atoms with E-state index >= 15 is 0 Å². The Hall–Kier alpha value is -6.04. The van der Waals surface area contributed by atoms with Crippen LogP contribution in [0, 0.1) is 0 Å². The molecular weight excluding hydrogens is 593 g/mol. The highest BCUT2D eigenvalue weighted by atomic mass is 32.1. The van der Waals surface area contributed by atoms with Gasteiger partial charge in [0.2, 0.25) is 0 Å². The molecule has 0 atom stereocenters. The fourth-order valence-corrected chi connectivity index (χ4v) is 7.50. The zero-order chi connectivity index (χ0) is 31.2. The number of hydrogen-bond donors (Lipinski definition) is 0. The monoisotopic (exact) mass is 618 g/mol. The van der Waals surface area contributed by atoms with E-state index in [0.717, 1.165) is 50.0 Å². The normalized spacial score (nSPS) is 11.4. The van der Waals surface area contributed by atoms with Crippen LogP contribution in [0.4, 0.5) is 0 Å². The van der Waals surface area contributed by atoms with E-state index in [4.69, 9.17) is 19.9 Å². The van der Waals surface area contributed by atoms with E-state index in [2.05, 4.69) is 97.1 Å². The van der Waals surface area contributed by atoms with E-state index < -0.39 is 0 Å². The SMILES string of the molecule is c1ccc(-c2nc(-c3ccccc3)nc(-c3ccc(-c4cccc5c4nc(-c4ccccc4)c4sc6ccccc6c45)cc3)n2)cc1. The molecule has 0 radical (unpaired) electrons. The summed E-state index contributed by atoms with van der Waals surface area (Å²) in [5.74, 6) is 1.94. The van der Waals surface area contributed by atoms with Gasteiger partial charge in [0, 0.05) is 48.7 Å². The van der Waals surface area contributed by atoms with Crippen LogP contribution in [0.25, 0.3) is 87.6 Å². The maximum atomic E-state index is 5.39. The molecule has 9 aromatic rings. The van der Waals surface area contributed by atoms with Gasteiger partial charge in [0.05, 0.1) is 15.9 Å². The predicted molar refractivity (Wildman–Crippen MR) is 195 cm³/mol. The van der Waals surface area contributed by atoms with Crippen molar-refractivity contribution in [1.29, 1.82) is 0 Å². The molecule has 0 bridgehead atoms. The van der Waals surface area contributed by atoms with Gasteiger partial charge in [-0.2, -0.15) is 0 Å². The zero-order valence-corrected chi connectivity index (χ0v) is 26.0. The van der Waals surface area contributed by atoms with Crippen LogP contribution < -0.4 is 0 Å². The summed E-state index contributed by atoms with van der Waals surface area (Å²) >= 11 is 1.82. The summed E-state index contributed by atoms with van der Waals surface area (Å²) in [4.78, 5) is 20.1. The van der Waals surface area contributed by atoms with Gasteiger partial charge in [0.1, 0.15) is 0 Å². The van der Waals surface area contributed by atoms with E-state index in [9.17, 15) is 0 Å². The van der Waals surface area contributed by atoms with Gasteiger partial charge >= 0.3 is 0 Å². The van der Waals surface area contributed by atoms with Gasteiger partial charge in [-0.15, -0.1) is 11.3 Å². The lowest BCUT2D eigenvalue weighted by molar-refractivity contribution is 1.07. The van der Waals surface area contributed by atoms with E-state index in [1.807, 2.05) is 72.0 Å². The third kappa shape index (κ3) is 4.85. The first-order chi connectivity index (χ1) is 23.3. The smallest absolute Gasteiger partial charge is 0.164 e. The first-order valence-electron chi connectivity index (χ1n) is 15.6. The molecule has 0 amide bonds. The first kappa shape index (κ1) is 27.3. The van der Waals surface area contributed by atoms with Gasteiger partial charge in [-0.05, 0) is 11.6 Å². The topological polar surface area (TPSA) is 51.6 Å². The van der Waals surface area contributed by atoms with Gasteiger partial charge in [0.25, 0.3) is 0 Å². The quantitative estimate of drug-likeness (QED) is 0.193. The summed E-state index contributed by atoms with van der Waals surface area (Å²) in [6.45, 7) is 0. The fourth-order valence-electron chi connectivity index (χ4n) is 6.27. The summed E-state index contributed by atoms with van der Waals surface area (Å²) in [6.07, 6.45) is 0. The Bertz CT molecular complexity index is 2490. The first-order valence-corrected chi connectivity index (χ1v) is 16.4. The summed E-state index contributed by atoms with van der Waals surface area (Å²) in [5, 5.41) is 3.69. The van der Waals surface area contributed by atoms with Gasteiger partial charge < -0.3 is 0 Å². The zero-order valence-electron chi connectivity index (χ0n) is 25.2. The van der Waals surface area contributed by atoms with Crippen molar-refractivity contribution in [3.05, 3.63) is 158 Å². The second kappa shape index (κ2) is 11.4. The minimum absolute atomic E-state index is 0.637. The molecule has 0 unspecified atom stereocenters. The van der Waals surface area contributed by atoms with Crippen LogP contribution in [0.2, 0.25) is 0 Å². The third-order valence-electron chi connectivity index (χ3n) is 8.54. The van der Waals surface area contributed by atoms with Crippen molar-refractivity contribution in [3.63, 3.8) is 0 Å². The molecule has 0 N–H and O–H groups in total. The molecule has 3 heterocycles. The molecule has 0 aliphatic heterocycles. The average Bonchev–Trinajstić information content (AvgIpc) is 3.55. The molecular formula is C42H26N4S. The molecule has 0 saturated heterocycles. The molecule has 4 nitrogen and oxygen atoms in total. The van der Waals surface area contributed by atoms with E-state index in [-0.39, 0.29) is 0 Å². The molecule has 0 fully saturated rings. The van der Waals surface area contributed by atoms with Crippen LogP contribution in [0.15, 0.2) is 158 Å². The van der Waals surface area contributed by atoms with Gasteiger partial charge in [-0.3, -0.25) is 0 Å². The molecule has 3 aromatic heterocycles. The molecule has 6 aromatic carbocycles.